The van der Waals surface area contributed by atoms with Crippen molar-refractivity contribution in [3.63, 3.8) is 0 Å². The number of carbonyl (C=O) groups is 1. The molecule has 0 amide bonds. The first-order valence-corrected chi connectivity index (χ1v) is 6.86. The van der Waals surface area contributed by atoms with Crippen LogP contribution in [0.2, 0.25) is 0 Å². The largest absolute Gasteiger partial charge is 0.479 e. The van der Waals surface area contributed by atoms with Crippen LogP contribution in [0.5, 0.6) is 5.75 Å². The first-order valence-electron chi connectivity index (χ1n) is 6.86. The van der Waals surface area contributed by atoms with Gasteiger partial charge in [-0.1, -0.05) is 13.3 Å². The van der Waals surface area contributed by atoms with Gasteiger partial charge in [0, 0.05) is 17.5 Å². The van der Waals surface area contributed by atoms with Gasteiger partial charge in [-0.3, -0.25) is 0 Å². The van der Waals surface area contributed by atoms with Gasteiger partial charge in [-0.25, -0.2) is 9.59 Å². The molecule has 0 fully saturated rings. The summed E-state index contributed by atoms with van der Waals surface area (Å²) in [7, 11) is 1.30. The van der Waals surface area contributed by atoms with E-state index in [0.29, 0.717) is 11.3 Å². The van der Waals surface area contributed by atoms with Gasteiger partial charge in [0.05, 0.1) is 7.11 Å². The molecule has 0 spiro atoms. The van der Waals surface area contributed by atoms with Crippen molar-refractivity contribution in [2.75, 3.05) is 7.11 Å². The third-order valence-electron chi connectivity index (χ3n) is 3.17. The molecule has 1 atom stereocenters. The molecule has 1 heterocycles. The lowest BCUT2D eigenvalue weighted by Gasteiger charge is -2.13. The molecule has 0 saturated heterocycles. The van der Waals surface area contributed by atoms with Crippen LogP contribution in [0.4, 0.5) is 0 Å². The van der Waals surface area contributed by atoms with Crippen molar-refractivity contribution in [3.8, 4) is 5.75 Å². The van der Waals surface area contributed by atoms with Gasteiger partial charge < -0.3 is 13.9 Å². The number of esters is 1. The average Bonchev–Trinajstić information content (AvgIpc) is 2.46. The van der Waals surface area contributed by atoms with Gasteiger partial charge in [-0.05, 0) is 31.0 Å². The average molecular weight is 290 g/mol. The van der Waals surface area contributed by atoms with E-state index in [1.807, 2.05) is 6.07 Å². The van der Waals surface area contributed by atoms with E-state index >= 15 is 0 Å². The predicted molar refractivity (Wildman–Crippen MR) is 78.6 cm³/mol. The normalized spacial score (nSPS) is 12.1. The van der Waals surface area contributed by atoms with Crippen LogP contribution < -0.4 is 10.4 Å². The van der Waals surface area contributed by atoms with E-state index in [-0.39, 0.29) is 5.63 Å². The van der Waals surface area contributed by atoms with Crippen molar-refractivity contribution in [1.29, 1.82) is 0 Å². The summed E-state index contributed by atoms with van der Waals surface area (Å²) in [5.41, 5.74) is 1.03. The lowest BCUT2D eigenvalue weighted by molar-refractivity contribution is -0.147. The van der Waals surface area contributed by atoms with Crippen LogP contribution in [0.3, 0.4) is 0 Å². The van der Waals surface area contributed by atoms with E-state index in [1.165, 1.54) is 13.2 Å². The van der Waals surface area contributed by atoms with Crippen LogP contribution in [0.1, 0.15) is 25.8 Å². The molecular formula is C16H18O5. The summed E-state index contributed by atoms with van der Waals surface area (Å²) >= 11 is 0. The highest BCUT2D eigenvalue weighted by atomic mass is 16.6. The smallest absolute Gasteiger partial charge is 0.346 e. The maximum absolute atomic E-state index is 11.6. The predicted octanol–water partition coefficient (Wildman–Crippen LogP) is 2.69. The molecule has 0 saturated carbocycles. The quantitative estimate of drug-likeness (QED) is 0.625. The molecule has 21 heavy (non-hydrogen) atoms. The maximum Gasteiger partial charge on any atom is 0.346 e. The molecule has 1 aromatic carbocycles. The molecule has 0 aliphatic heterocycles. The van der Waals surface area contributed by atoms with Crippen LogP contribution in [0.25, 0.3) is 11.0 Å². The molecule has 0 unspecified atom stereocenters. The van der Waals surface area contributed by atoms with E-state index in [0.717, 1.165) is 23.8 Å². The van der Waals surface area contributed by atoms with Crippen molar-refractivity contribution in [1.82, 2.24) is 0 Å². The molecule has 5 nitrogen and oxygen atoms in total. The highest BCUT2D eigenvalue weighted by Crippen LogP contribution is 2.24. The Morgan fingerprint density at radius 3 is 2.76 bits per heavy atom. The van der Waals surface area contributed by atoms with Gasteiger partial charge in [0.1, 0.15) is 11.3 Å². The fourth-order valence-electron chi connectivity index (χ4n) is 2.18. The molecule has 0 aliphatic rings. The van der Waals surface area contributed by atoms with E-state index in [9.17, 15) is 9.59 Å². The Hall–Kier alpha value is -2.30. The summed E-state index contributed by atoms with van der Waals surface area (Å²) in [4.78, 5) is 22.9. The number of carbonyl (C=O) groups excluding carboxylic acids is 1. The summed E-state index contributed by atoms with van der Waals surface area (Å²) in [6, 6.07) is 6.72. The Morgan fingerprint density at radius 2 is 2.10 bits per heavy atom. The third kappa shape index (κ3) is 3.42. The minimum atomic E-state index is -0.724. The Morgan fingerprint density at radius 1 is 1.33 bits per heavy atom. The number of hydrogen-bond acceptors (Lipinski definition) is 5. The fraction of sp³-hybridized carbons (Fsp3) is 0.375. The Bertz CT molecular complexity index is 701. The number of aryl methyl sites for hydroxylation is 1. The highest BCUT2D eigenvalue weighted by Gasteiger charge is 2.15. The summed E-state index contributed by atoms with van der Waals surface area (Å²) in [5.74, 6) is -0.00604. The van der Waals surface area contributed by atoms with Crippen molar-refractivity contribution in [2.24, 2.45) is 0 Å². The van der Waals surface area contributed by atoms with Gasteiger partial charge in [0.25, 0.3) is 0 Å². The summed E-state index contributed by atoms with van der Waals surface area (Å²) < 4.78 is 15.3. The van der Waals surface area contributed by atoms with Gasteiger partial charge in [-0.2, -0.15) is 0 Å². The summed E-state index contributed by atoms with van der Waals surface area (Å²) in [6.45, 7) is 3.65. The monoisotopic (exact) mass is 290 g/mol. The summed E-state index contributed by atoms with van der Waals surface area (Å²) in [6.07, 6.45) is 1.02. The van der Waals surface area contributed by atoms with E-state index in [4.69, 9.17) is 9.15 Å². The van der Waals surface area contributed by atoms with Crippen LogP contribution >= 0.6 is 0 Å². The molecule has 2 rings (SSSR count). The lowest BCUT2D eigenvalue weighted by atomic mass is 10.1. The molecule has 0 aliphatic carbocycles. The van der Waals surface area contributed by atoms with Crippen molar-refractivity contribution >= 4 is 16.9 Å². The van der Waals surface area contributed by atoms with E-state index < -0.39 is 12.1 Å². The molecule has 112 valence electrons. The van der Waals surface area contributed by atoms with Gasteiger partial charge in [0.15, 0.2) is 6.10 Å². The van der Waals surface area contributed by atoms with Gasteiger partial charge in [0.2, 0.25) is 0 Å². The number of ether oxygens (including phenoxy) is 2. The molecule has 1 aromatic heterocycles. The Labute approximate surface area is 122 Å². The van der Waals surface area contributed by atoms with Crippen LogP contribution in [0, 0.1) is 0 Å². The van der Waals surface area contributed by atoms with Crippen molar-refractivity contribution in [3.05, 3.63) is 40.2 Å². The second kappa shape index (κ2) is 6.43. The standard InChI is InChI=1S/C16H18O5/c1-4-5-11-8-15(17)21-14-9-12(6-7-13(11)14)20-10(2)16(18)19-3/h6-10H,4-5H2,1-3H3/t10-/m1/s1. The minimum absolute atomic E-state index is 0.385. The van der Waals surface area contributed by atoms with E-state index in [1.54, 1.807) is 19.1 Å². The molecular weight excluding hydrogens is 272 g/mol. The fourth-order valence-corrected chi connectivity index (χ4v) is 2.18. The van der Waals surface area contributed by atoms with Crippen molar-refractivity contribution < 1.29 is 18.7 Å². The number of methoxy groups -OCH3 is 1. The first kappa shape index (κ1) is 15.1. The molecule has 0 radical (unpaired) electrons. The number of rotatable bonds is 5. The minimum Gasteiger partial charge on any atom is -0.479 e. The zero-order chi connectivity index (χ0) is 15.4. The second-order valence-corrected chi connectivity index (χ2v) is 4.78. The lowest BCUT2D eigenvalue weighted by Crippen LogP contribution is -2.24. The first-order chi connectivity index (χ1) is 10.0. The highest BCUT2D eigenvalue weighted by molar-refractivity contribution is 5.82. The molecule has 2 aromatic rings. The van der Waals surface area contributed by atoms with E-state index in [2.05, 4.69) is 11.7 Å². The zero-order valence-corrected chi connectivity index (χ0v) is 12.3. The van der Waals surface area contributed by atoms with Crippen LogP contribution in [0.15, 0.2) is 33.5 Å². The molecule has 5 heteroatoms. The maximum atomic E-state index is 11.6. The molecule has 0 bridgehead atoms. The number of hydrogen-bond donors (Lipinski definition) is 0. The number of fused-ring (bicyclic) bond motifs is 1. The van der Waals surface area contributed by atoms with Gasteiger partial charge >= 0.3 is 11.6 Å². The van der Waals surface area contributed by atoms with Crippen molar-refractivity contribution in [2.45, 2.75) is 32.8 Å². The Kier molecular flexibility index (Phi) is 4.62. The SMILES string of the molecule is CCCc1cc(=O)oc2cc(O[C@H](C)C(=O)OC)ccc12. The second-order valence-electron chi connectivity index (χ2n) is 4.78. The number of benzene rings is 1. The zero-order valence-electron chi connectivity index (χ0n) is 12.3. The van der Waals surface area contributed by atoms with Crippen LogP contribution in [-0.4, -0.2) is 19.2 Å². The third-order valence-corrected chi connectivity index (χ3v) is 3.17. The van der Waals surface area contributed by atoms with Crippen LogP contribution in [-0.2, 0) is 16.0 Å². The topological polar surface area (TPSA) is 65.7 Å². The molecule has 0 N–H and O–H groups in total. The summed E-state index contributed by atoms with van der Waals surface area (Å²) in [5, 5.41) is 0.884. The Balaban J connectivity index is 2.38. The van der Waals surface area contributed by atoms with Gasteiger partial charge in [-0.15, -0.1) is 0 Å².